The predicted molar refractivity (Wildman–Crippen MR) is 17.3 cm³/mol. The molecule has 0 aromatic carbocycles. The van der Waals surface area contributed by atoms with Crippen molar-refractivity contribution in [2.24, 2.45) is 0 Å². The molecule has 0 amide bonds. The summed E-state index contributed by atoms with van der Waals surface area (Å²) < 4.78 is 0. The normalized spacial score (nSPS) is 9.47. The van der Waals surface area contributed by atoms with E-state index in [0.717, 1.165) is 0 Å². The summed E-state index contributed by atoms with van der Waals surface area (Å²) in [5, 5.41) is 0. The van der Waals surface area contributed by atoms with Crippen LogP contribution in [0.2, 0.25) is 0 Å². The summed E-state index contributed by atoms with van der Waals surface area (Å²) in [5.74, 6) is 0. The van der Waals surface area contributed by atoms with Gasteiger partial charge in [-0.25, -0.2) is 0 Å². The molecule has 0 aliphatic rings. The molecule has 0 aliphatic carbocycles. The summed E-state index contributed by atoms with van der Waals surface area (Å²) in [7, 11) is -16.8. The molecule has 0 N–H and O–H groups in total. The van der Waals surface area contributed by atoms with Crippen molar-refractivity contribution in [3.8, 4) is 0 Å². The van der Waals surface area contributed by atoms with Gasteiger partial charge in [0.2, 0.25) is 0 Å². The van der Waals surface area contributed by atoms with Crippen LogP contribution in [-0.2, 0) is 0 Å². The van der Waals surface area contributed by atoms with Crippen LogP contribution >= 0.6 is 0 Å². The van der Waals surface area contributed by atoms with Crippen molar-refractivity contribution in [1.82, 2.24) is 0 Å². The third-order valence-electron chi connectivity index (χ3n) is 0. The molecule has 0 aliphatic heterocycles. The average Bonchev–Trinajstić information content (AvgIpc) is 1.41. The van der Waals surface area contributed by atoms with Gasteiger partial charge in [-0.2, -0.15) is 0 Å². The first-order chi connectivity index (χ1) is 6.00. The summed E-state index contributed by atoms with van der Waals surface area (Å²) in [6.07, 6.45) is 0. The van der Waals surface area contributed by atoms with Crippen LogP contribution < -0.4 is 57.5 Å². The molecule has 0 unspecified atom stereocenters. The molecule has 0 aromatic rings. The quantitative estimate of drug-likeness (QED) is 0.206. The van der Waals surface area contributed by atoms with Crippen molar-refractivity contribution in [3.05, 3.63) is 0 Å². The van der Waals surface area contributed by atoms with Gasteiger partial charge in [-0.05, 0) is 0 Å². The molecular weight excluding hydrogens is 832 g/mol. The van der Waals surface area contributed by atoms with Crippen LogP contribution in [0.25, 0.3) is 0 Å². The Balaban J connectivity index is -0.0000000206. The van der Waals surface area contributed by atoms with Crippen LogP contribution in [0, 0.1) is 142 Å². The Hall–Kier alpha value is 4.95. The Morgan fingerprint density at radius 3 is 0.263 bits per heavy atom. The van der Waals surface area contributed by atoms with Crippen LogP contribution in [0.4, 0.5) is 0 Å². The van der Waals surface area contributed by atoms with Gasteiger partial charge in [0.1, 0.15) is 0 Å². The van der Waals surface area contributed by atoms with Crippen LogP contribution in [-0.4, -0.2) is 27.1 Å². The molecule has 19 heteroatoms. The maximum atomic E-state index is 8.58. The Labute approximate surface area is 222 Å². The maximum Gasteiger partial charge on any atom is 3.00 e. The first-order valence-corrected chi connectivity index (χ1v) is 7.35. The van der Waals surface area contributed by atoms with Crippen molar-refractivity contribution in [3.63, 3.8) is 0 Å². The molecule has 0 rings (SSSR count). The van der Waals surface area contributed by atoms with Gasteiger partial charge in [-0.15, -0.1) is 0 Å². The SMILES string of the molecule is [La+3].[La+3].[La+3].[La+3].[O-][Si]([O-])([O-])[O-].[O-][Si]([O-])([O-])[O-].[O-][Si]([O-])([O-])[O-]. The van der Waals surface area contributed by atoms with E-state index in [0.29, 0.717) is 0 Å². The van der Waals surface area contributed by atoms with Gasteiger partial charge in [-0.1, -0.05) is 0 Å². The summed E-state index contributed by atoms with van der Waals surface area (Å²) in [6, 6.07) is 0. The van der Waals surface area contributed by atoms with Crippen molar-refractivity contribution in [2.45, 2.75) is 0 Å². The molecule has 0 bridgehead atoms. The second kappa shape index (κ2) is 21.0. The van der Waals surface area contributed by atoms with Crippen LogP contribution in [0.5, 0.6) is 0 Å². The van der Waals surface area contributed by atoms with Gasteiger partial charge >= 0.3 is 142 Å². The fraction of sp³-hybridized carbons (Fsp3) is 0. The standard InChI is InChI=1S/4La.3O4Si/c;;;;3*1-5(2,3)4/q4*+3;3*-4. The molecule has 0 saturated carbocycles. The fourth-order valence-electron chi connectivity index (χ4n) is 0. The van der Waals surface area contributed by atoms with E-state index >= 15 is 0 Å². The van der Waals surface area contributed by atoms with E-state index < -0.39 is 27.1 Å². The first-order valence-electron chi connectivity index (χ1n) is 2.45. The molecule has 12 nitrogen and oxygen atoms in total. The zero-order chi connectivity index (χ0) is 13.5. The molecule has 0 aromatic heterocycles. The smallest absolute Gasteiger partial charge is 0.894 e. The summed E-state index contributed by atoms with van der Waals surface area (Å²) in [6.45, 7) is 0. The van der Waals surface area contributed by atoms with Gasteiger partial charge in [0, 0.05) is 0 Å². The molecule has 0 saturated heterocycles. The van der Waals surface area contributed by atoms with Crippen molar-refractivity contribution >= 4 is 27.1 Å². The van der Waals surface area contributed by atoms with Gasteiger partial charge in [0.05, 0.1) is 0 Å². The van der Waals surface area contributed by atoms with Gasteiger partial charge in [0.15, 0.2) is 0 Å². The summed E-state index contributed by atoms with van der Waals surface area (Å²) in [5.41, 5.74) is 0. The number of rotatable bonds is 0. The summed E-state index contributed by atoms with van der Waals surface area (Å²) >= 11 is 0. The zero-order valence-corrected chi connectivity index (χ0v) is 26.2. The predicted octanol–water partition coefficient (Wildman–Crippen LogP) is -15.4. The zero-order valence-electron chi connectivity index (χ0n) is 8.71. The molecule has 96 valence electrons. The van der Waals surface area contributed by atoms with Gasteiger partial charge in [-0.3, -0.25) is 0 Å². The number of hydrogen-bond acceptors (Lipinski definition) is 12. The maximum absolute atomic E-state index is 8.58. The number of hydrogen-bond donors (Lipinski definition) is 0. The van der Waals surface area contributed by atoms with E-state index in [9.17, 15) is 0 Å². The molecule has 19 heavy (non-hydrogen) atoms. The minimum atomic E-state index is -5.61. The van der Waals surface area contributed by atoms with E-state index in [2.05, 4.69) is 0 Å². The summed E-state index contributed by atoms with van der Waals surface area (Å²) in [4.78, 5) is 103. The van der Waals surface area contributed by atoms with Gasteiger partial charge < -0.3 is 84.7 Å². The van der Waals surface area contributed by atoms with Crippen molar-refractivity contribution in [1.29, 1.82) is 0 Å². The molecular formula is La4O12Si3. The first kappa shape index (κ1) is 43.9. The Kier molecular flexibility index (Phi) is 48.5. The van der Waals surface area contributed by atoms with E-state index in [1.807, 2.05) is 0 Å². The Bertz CT molecular complexity index is 100.0. The van der Waals surface area contributed by atoms with Crippen molar-refractivity contribution < 1.29 is 200 Å². The minimum absolute atomic E-state index is 0. The average molecular weight is 832 g/mol. The Morgan fingerprint density at radius 1 is 0.263 bits per heavy atom. The van der Waals surface area contributed by atoms with Crippen molar-refractivity contribution in [2.75, 3.05) is 0 Å². The van der Waals surface area contributed by atoms with E-state index in [-0.39, 0.29) is 142 Å². The topological polar surface area (TPSA) is 277 Å². The van der Waals surface area contributed by atoms with E-state index in [4.69, 9.17) is 57.5 Å². The van der Waals surface area contributed by atoms with E-state index in [1.165, 1.54) is 0 Å². The third kappa shape index (κ3) is 411. The minimum Gasteiger partial charge on any atom is -0.894 e. The third-order valence-corrected chi connectivity index (χ3v) is 0. The molecule has 0 fully saturated rings. The fourth-order valence-corrected chi connectivity index (χ4v) is 0. The Morgan fingerprint density at radius 2 is 0.263 bits per heavy atom. The van der Waals surface area contributed by atoms with Crippen LogP contribution in [0.3, 0.4) is 0 Å². The molecule has 0 radical (unpaired) electrons. The molecule has 0 atom stereocenters. The van der Waals surface area contributed by atoms with Gasteiger partial charge in [0.25, 0.3) is 0 Å². The largest absolute Gasteiger partial charge is 3.00 e. The molecule has 0 heterocycles. The van der Waals surface area contributed by atoms with E-state index in [1.54, 1.807) is 0 Å². The van der Waals surface area contributed by atoms with Crippen LogP contribution in [0.1, 0.15) is 0 Å². The second-order valence-corrected chi connectivity index (χ2v) is 4.50. The monoisotopic (exact) mass is 831 g/mol. The molecule has 0 spiro atoms. The van der Waals surface area contributed by atoms with Crippen LogP contribution in [0.15, 0.2) is 0 Å². The second-order valence-electron chi connectivity index (χ2n) is 1.50.